The minimum Gasteiger partial charge on any atom is -0.361 e. The van der Waals surface area contributed by atoms with E-state index in [1.807, 2.05) is 13.8 Å². The van der Waals surface area contributed by atoms with E-state index in [4.69, 9.17) is 0 Å². The maximum absolute atomic E-state index is 11.5. The van der Waals surface area contributed by atoms with Gasteiger partial charge in [0.15, 0.2) is 0 Å². The fourth-order valence-corrected chi connectivity index (χ4v) is 1.43. The first kappa shape index (κ1) is 15.2. The van der Waals surface area contributed by atoms with E-state index in [0.29, 0.717) is 18.3 Å². The molecule has 3 N–H and O–H groups in total. The van der Waals surface area contributed by atoms with Gasteiger partial charge in [0.25, 0.3) is 0 Å². The molecule has 1 aromatic heterocycles. The van der Waals surface area contributed by atoms with Gasteiger partial charge in [-0.2, -0.15) is 4.98 Å². The topological polar surface area (TPSA) is 78.9 Å². The zero-order valence-corrected chi connectivity index (χ0v) is 11.9. The van der Waals surface area contributed by atoms with Gasteiger partial charge >= 0.3 is 0 Å². The summed E-state index contributed by atoms with van der Waals surface area (Å²) >= 11 is 0. The van der Waals surface area contributed by atoms with E-state index >= 15 is 0 Å². The third kappa shape index (κ3) is 5.54. The van der Waals surface area contributed by atoms with Gasteiger partial charge in [0.1, 0.15) is 5.82 Å². The Bertz CT molecular complexity index is 408. The summed E-state index contributed by atoms with van der Waals surface area (Å²) in [5, 5.41) is 8.97. The second kappa shape index (κ2) is 8.29. The minimum absolute atomic E-state index is 0.0251. The Morgan fingerprint density at radius 3 is 2.63 bits per heavy atom. The predicted octanol–water partition coefficient (Wildman–Crippen LogP) is 1.55. The molecule has 1 aromatic rings. The number of hydrogen-bond acceptors (Lipinski definition) is 5. The number of hydrogen-bond donors (Lipinski definition) is 3. The summed E-state index contributed by atoms with van der Waals surface area (Å²) < 4.78 is 0. The van der Waals surface area contributed by atoms with E-state index in [2.05, 4.69) is 32.8 Å². The molecule has 0 saturated heterocycles. The van der Waals surface area contributed by atoms with Crippen LogP contribution in [0.15, 0.2) is 6.20 Å². The summed E-state index contributed by atoms with van der Waals surface area (Å²) in [7, 11) is 0. The Morgan fingerprint density at radius 2 is 1.95 bits per heavy atom. The molecule has 0 aliphatic carbocycles. The SMILES string of the molecule is CCCNC(=O)CNc1nc(NCCC)ncc1C. The number of carbonyl (C=O) groups excluding carboxylic acids is 1. The average Bonchev–Trinajstić information content (AvgIpc) is 2.42. The van der Waals surface area contributed by atoms with Crippen LogP contribution in [0.25, 0.3) is 0 Å². The molecule has 19 heavy (non-hydrogen) atoms. The van der Waals surface area contributed by atoms with Gasteiger partial charge in [-0.15, -0.1) is 0 Å². The molecule has 106 valence electrons. The fraction of sp³-hybridized carbons (Fsp3) is 0.615. The molecule has 0 aliphatic rings. The zero-order chi connectivity index (χ0) is 14.1. The lowest BCUT2D eigenvalue weighted by Gasteiger charge is -2.10. The van der Waals surface area contributed by atoms with Crippen molar-refractivity contribution in [2.45, 2.75) is 33.6 Å². The van der Waals surface area contributed by atoms with Gasteiger partial charge in [0.2, 0.25) is 11.9 Å². The van der Waals surface area contributed by atoms with Crippen molar-refractivity contribution >= 4 is 17.7 Å². The molecule has 0 radical (unpaired) electrons. The van der Waals surface area contributed by atoms with Crippen molar-refractivity contribution in [3.05, 3.63) is 11.8 Å². The standard InChI is InChI=1S/C13H23N5O/c1-4-6-14-11(19)9-16-12-10(3)8-17-13(18-12)15-7-5-2/h8H,4-7,9H2,1-3H3,(H,14,19)(H2,15,16,17,18). The molecule has 1 amide bonds. The highest BCUT2D eigenvalue weighted by molar-refractivity contribution is 5.80. The normalized spacial score (nSPS) is 10.1. The molecule has 0 atom stereocenters. The number of aromatic nitrogens is 2. The lowest BCUT2D eigenvalue weighted by molar-refractivity contribution is -0.119. The molecule has 1 rings (SSSR count). The number of anilines is 2. The fourth-order valence-electron chi connectivity index (χ4n) is 1.43. The van der Waals surface area contributed by atoms with Crippen molar-refractivity contribution in [1.82, 2.24) is 15.3 Å². The molecule has 0 bridgehead atoms. The second-order valence-electron chi connectivity index (χ2n) is 4.36. The van der Waals surface area contributed by atoms with Gasteiger partial charge in [0, 0.05) is 24.8 Å². The van der Waals surface area contributed by atoms with Crippen LogP contribution in [-0.4, -0.2) is 35.5 Å². The highest BCUT2D eigenvalue weighted by Gasteiger charge is 2.05. The van der Waals surface area contributed by atoms with E-state index in [-0.39, 0.29) is 12.5 Å². The van der Waals surface area contributed by atoms with Crippen molar-refractivity contribution in [2.75, 3.05) is 30.3 Å². The molecule has 6 heteroatoms. The number of aryl methyl sites for hydroxylation is 1. The summed E-state index contributed by atoms with van der Waals surface area (Å²) in [5.41, 5.74) is 0.922. The van der Waals surface area contributed by atoms with Crippen LogP contribution < -0.4 is 16.0 Å². The highest BCUT2D eigenvalue weighted by Crippen LogP contribution is 2.11. The first-order valence-electron chi connectivity index (χ1n) is 6.75. The van der Waals surface area contributed by atoms with Crippen LogP contribution in [0, 0.1) is 6.92 Å². The Labute approximate surface area is 114 Å². The number of carbonyl (C=O) groups is 1. The summed E-state index contributed by atoms with van der Waals surface area (Å²) in [5.74, 6) is 1.26. The monoisotopic (exact) mass is 265 g/mol. The number of amides is 1. The number of nitrogens with zero attached hydrogens (tertiary/aromatic N) is 2. The second-order valence-corrected chi connectivity index (χ2v) is 4.36. The van der Waals surface area contributed by atoms with E-state index in [1.165, 1.54) is 0 Å². The number of nitrogens with one attached hydrogen (secondary N) is 3. The van der Waals surface area contributed by atoms with Gasteiger partial charge in [-0.1, -0.05) is 13.8 Å². The molecule has 1 heterocycles. The maximum atomic E-state index is 11.5. The molecule has 6 nitrogen and oxygen atoms in total. The van der Waals surface area contributed by atoms with Crippen LogP contribution in [0.2, 0.25) is 0 Å². The van der Waals surface area contributed by atoms with Gasteiger partial charge in [0.05, 0.1) is 6.54 Å². The van der Waals surface area contributed by atoms with Crippen molar-refractivity contribution in [3.63, 3.8) is 0 Å². The maximum Gasteiger partial charge on any atom is 0.239 e. The van der Waals surface area contributed by atoms with E-state index in [1.54, 1.807) is 6.20 Å². The third-order valence-corrected chi connectivity index (χ3v) is 2.49. The molecule has 0 aromatic carbocycles. The van der Waals surface area contributed by atoms with Crippen molar-refractivity contribution < 1.29 is 4.79 Å². The Kier molecular flexibility index (Phi) is 6.63. The Morgan fingerprint density at radius 1 is 1.21 bits per heavy atom. The Balaban J connectivity index is 2.54. The summed E-state index contributed by atoms with van der Waals surface area (Å²) in [6.45, 7) is 7.78. The highest BCUT2D eigenvalue weighted by atomic mass is 16.1. The van der Waals surface area contributed by atoms with Crippen LogP contribution >= 0.6 is 0 Å². The summed E-state index contributed by atoms with van der Waals surface area (Å²) in [4.78, 5) is 20.0. The molecular formula is C13H23N5O. The van der Waals surface area contributed by atoms with Crippen LogP contribution in [0.4, 0.5) is 11.8 Å². The molecule has 0 spiro atoms. The van der Waals surface area contributed by atoms with E-state index < -0.39 is 0 Å². The minimum atomic E-state index is -0.0251. The molecule has 0 fully saturated rings. The van der Waals surface area contributed by atoms with Crippen molar-refractivity contribution in [3.8, 4) is 0 Å². The van der Waals surface area contributed by atoms with Crippen LogP contribution in [-0.2, 0) is 4.79 Å². The summed E-state index contributed by atoms with van der Waals surface area (Å²) in [6.07, 6.45) is 3.69. The van der Waals surface area contributed by atoms with Gasteiger partial charge in [-0.05, 0) is 19.8 Å². The van der Waals surface area contributed by atoms with Crippen molar-refractivity contribution in [2.24, 2.45) is 0 Å². The smallest absolute Gasteiger partial charge is 0.239 e. The molecular weight excluding hydrogens is 242 g/mol. The van der Waals surface area contributed by atoms with Crippen LogP contribution in [0.3, 0.4) is 0 Å². The quantitative estimate of drug-likeness (QED) is 0.664. The Hall–Kier alpha value is -1.85. The van der Waals surface area contributed by atoms with Gasteiger partial charge < -0.3 is 16.0 Å². The van der Waals surface area contributed by atoms with Crippen LogP contribution in [0.1, 0.15) is 32.3 Å². The van der Waals surface area contributed by atoms with Crippen molar-refractivity contribution in [1.29, 1.82) is 0 Å². The lowest BCUT2D eigenvalue weighted by atomic mass is 10.3. The van der Waals surface area contributed by atoms with Gasteiger partial charge in [-0.25, -0.2) is 4.98 Å². The molecule has 0 saturated carbocycles. The van der Waals surface area contributed by atoms with Crippen LogP contribution in [0.5, 0.6) is 0 Å². The largest absolute Gasteiger partial charge is 0.361 e. The van der Waals surface area contributed by atoms with E-state index in [9.17, 15) is 4.79 Å². The third-order valence-electron chi connectivity index (χ3n) is 2.49. The lowest BCUT2D eigenvalue weighted by Crippen LogP contribution is -2.30. The van der Waals surface area contributed by atoms with Gasteiger partial charge in [-0.3, -0.25) is 4.79 Å². The first-order chi connectivity index (χ1) is 9.17. The van der Waals surface area contributed by atoms with E-state index in [0.717, 1.165) is 24.9 Å². The average molecular weight is 265 g/mol. The molecule has 0 unspecified atom stereocenters. The zero-order valence-electron chi connectivity index (χ0n) is 11.9. The predicted molar refractivity (Wildman–Crippen MR) is 77.3 cm³/mol. The first-order valence-corrected chi connectivity index (χ1v) is 6.75. The number of rotatable bonds is 8. The summed E-state index contributed by atoms with van der Waals surface area (Å²) in [6, 6.07) is 0. The molecule has 0 aliphatic heterocycles.